The Labute approximate surface area is 181 Å². The van der Waals surface area contributed by atoms with E-state index in [-0.39, 0.29) is 5.91 Å². The fourth-order valence-corrected chi connectivity index (χ4v) is 4.50. The van der Waals surface area contributed by atoms with Crippen molar-refractivity contribution in [2.75, 3.05) is 5.32 Å². The summed E-state index contributed by atoms with van der Waals surface area (Å²) in [6.07, 6.45) is 0.855. The summed E-state index contributed by atoms with van der Waals surface area (Å²) in [6.45, 7) is 6.30. The van der Waals surface area contributed by atoms with E-state index in [4.69, 9.17) is 0 Å². The van der Waals surface area contributed by atoms with Crippen molar-refractivity contribution in [2.24, 2.45) is 0 Å². The normalized spacial score (nSPS) is 10.8. The number of amides is 1. The molecule has 0 unspecified atom stereocenters. The molecular weight excluding hydrogens is 388 g/mol. The van der Waals surface area contributed by atoms with Crippen LogP contribution in [0.15, 0.2) is 72.1 Å². The Morgan fingerprint density at radius 3 is 2.20 bits per heavy atom. The molecule has 0 saturated heterocycles. The summed E-state index contributed by atoms with van der Waals surface area (Å²) in [4.78, 5) is 17.3. The van der Waals surface area contributed by atoms with Gasteiger partial charge in [0.25, 0.3) is 5.91 Å². The van der Waals surface area contributed by atoms with Crippen molar-refractivity contribution in [3.05, 3.63) is 105 Å². The van der Waals surface area contributed by atoms with Crippen LogP contribution in [0.3, 0.4) is 0 Å². The van der Waals surface area contributed by atoms with Crippen LogP contribution in [0.1, 0.15) is 38.2 Å². The first-order chi connectivity index (χ1) is 14.5. The molecule has 0 aliphatic rings. The van der Waals surface area contributed by atoms with Gasteiger partial charge >= 0.3 is 0 Å². The zero-order chi connectivity index (χ0) is 21.1. The van der Waals surface area contributed by atoms with E-state index in [0.717, 1.165) is 17.7 Å². The van der Waals surface area contributed by atoms with Gasteiger partial charge in [0.05, 0.1) is 5.69 Å². The van der Waals surface area contributed by atoms with E-state index in [1.54, 1.807) is 0 Å². The van der Waals surface area contributed by atoms with Gasteiger partial charge in [0, 0.05) is 16.5 Å². The number of hydrogen-bond donors (Lipinski definition) is 1. The molecule has 1 N–H and O–H groups in total. The summed E-state index contributed by atoms with van der Waals surface area (Å²) in [6, 6.07) is 22.4. The van der Waals surface area contributed by atoms with E-state index in [9.17, 15) is 4.79 Å². The van der Waals surface area contributed by atoms with Crippen molar-refractivity contribution < 1.29 is 4.79 Å². The lowest BCUT2D eigenvalue weighted by Crippen LogP contribution is -2.11. The summed E-state index contributed by atoms with van der Waals surface area (Å²) < 4.78 is 0. The molecule has 150 valence electrons. The first kappa shape index (κ1) is 20.0. The van der Waals surface area contributed by atoms with Crippen LogP contribution in [-0.2, 0) is 6.42 Å². The van der Waals surface area contributed by atoms with Crippen LogP contribution in [0.4, 0.5) is 5.13 Å². The smallest absolute Gasteiger partial charge is 0.257 e. The van der Waals surface area contributed by atoms with E-state index in [1.807, 2.05) is 47.8 Å². The average molecular weight is 413 g/mol. The third-order valence-electron chi connectivity index (χ3n) is 5.13. The number of nitrogens with zero attached hydrogens (tertiary/aromatic N) is 1. The molecule has 0 saturated carbocycles. The number of aryl methyl sites for hydroxylation is 3. The van der Waals surface area contributed by atoms with Crippen LogP contribution in [0, 0.1) is 20.8 Å². The molecule has 1 heterocycles. The fraction of sp³-hybridized carbons (Fsp3) is 0.154. The highest BCUT2D eigenvalue weighted by Gasteiger charge is 2.13. The number of benzene rings is 3. The maximum Gasteiger partial charge on any atom is 0.257 e. The summed E-state index contributed by atoms with van der Waals surface area (Å²) >= 11 is 1.45. The molecule has 1 amide bonds. The number of hydrogen-bond acceptors (Lipinski definition) is 3. The molecule has 0 aliphatic carbocycles. The number of carbonyl (C=O) groups excluding carboxylic acids is 1. The SMILES string of the molecule is Cc1cc(C)c(-c2csc(NC(=O)c3ccc(Cc4ccccc4)cc3)n2)c(C)c1. The van der Waals surface area contributed by atoms with Gasteiger partial charge in [-0.1, -0.05) is 60.2 Å². The summed E-state index contributed by atoms with van der Waals surface area (Å²) in [5.41, 5.74) is 8.76. The van der Waals surface area contributed by atoms with Gasteiger partial charge in [-0.25, -0.2) is 4.98 Å². The summed E-state index contributed by atoms with van der Waals surface area (Å²) in [5, 5.41) is 5.55. The minimum atomic E-state index is -0.139. The molecule has 0 atom stereocenters. The Bertz CT molecular complexity index is 1150. The molecule has 0 radical (unpaired) electrons. The highest BCUT2D eigenvalue weighted by atomic mass is 32.1. The molecule has 0 aliphatic heterocycles. The largest absolute Gasteiger partial charge is 0.298 e. The molecule has 3 aromatic carbocycles. The van der Waals surface area contributed by atoms with Crippen LogP contribution < -0.4 is 5.32 Å². The van der Waals surface area contributed by atoms with Crippen molar-refractivity contribution in [2.45, 2.75) is 27.2 Å². The molecule has 4 rings (SSSR count). The van der Waals surface area contributed by atoms with Crippen molar-refractivity contribution in [3.8, 4) is 11.3 Å². The highest BCUT2D eigenvalue weighted by molar-refractivity contribution is 7.14. The van der Waals surface area contributed by atoms with Gasteiger partial charge in [0.1, 0.15) is 0 Å². The molecule has 0 spiro atoms. The van der Waals surface area contributed by atoms with Gasteiger partial charge in [-0.2, -0.15) is 0 Å². The lowest BCUT2D eigenvalue weighted by molar-refractivity contribution is 0.102. The number of carbonyl (C=O) groups is 1. The maximum atomic E-state index is 12.7. The minimum Gasteiger partial charge on any atom is -0.298 e. The molecule has 1 aromatic heterocycles. The monoisotopic (exact) mass is 412 g/mol. The predicted molar refractivity (Wildman–Crippen MR) is 125 cm³/mol. The van der Waals surface area contributed by atoms with Gasteiger partial charge in [-0.15, -0.1) is 11.3 Å². The molecular formula is C26H24N2OS. The zero-order valence-electron chi connectivity index (χ0n) is 17.4. The first-order valence-electron chi connectivity index (χ1n) is 9.97. The standard InChI is InChI=1S/C26H24N2OS/c1-17-13-18(2)24(19(3)14-17)23-16-30-26(27-23)28-25(29)22-11-9-21(10-12-22)15-20-7-5-4-6-8-20/h4-14,16H,15H2,1-3H3,(H,27,28,29). The second-order valence-corrected chi connectivity index (χ2v) is 8.48. The van der Waals surface area contributed by atoms with E-state index >= 15 is 0 Å². The second kappa shape index (κ2) is 8.64. The third-order valence-corrected chi connectivity index (χ3v) is 5.88. The van der Waals surface area contributed by atoms with Gasteiger partial charge in [-0.3, -0.25) is 10.1 Å². The predicted octanol–water partition coefficient (Wildman–Crippen LogP) is 6.58. The molecule has 4 aromatic rings. The Morgan fingerprint density at radius 1 is 0.900 bits per heavy atom. The van der Waals surface area contributed by atoms with E-state index < -0.39 is 0 Å². The summed E-state index contributed by atoms with van der Waals surface area (Å²) in [5.74, 6) is -0.139. The highest BCUT2D eigenvalue weighted by Crippen LogP contribution is 2.31. The van der Waals surface area contributed by atoms with Crippen molar-refractivity contribution >= 4 is 22.4 Å². The lowest BCUT2D eigenvalue weighted by Gasteiger charge is -2.08. The lowest BCUT2D eigenvalue weighted by atomic mass is 9.98. The van der Waals surface area contributed by atoms with E-state index in [0.29, 0.717) is 10.7 Å². The van der Waals surface area contributed by atoms with Gasteiger partial charge < -0.3 is 0 Å². The molecule has 4 heteroatoms. The second-order valence-electron chi connectivity index (χ2n) is 7.63. The Kier molecular flexibility index (Phi) is 5.77. The molecule has 30 heavy (non-hydrogen) atoms. The third kappa shape index (κ3) is 4.50. The Hall–Kier alpha value is -3.24. The zero-order valence-corrected chi connectivity index (χ0v) is 18.2. The van der Waals surface area contributed by atoms with E-state index in [2.05, 4.69) is 55.3 Å². The average Bonchev–Trinajstić information content (AvgIpc) is 3.16. The fourth-order valence-electron chi connectivity index (χ4n) is 3.80. The van der Waals surface area contributed by atoms with Crippen LogP contribution in [-0.4, -0.2) is 10.9 Å². The Balaban J connectivity index is 1.46. The number of nitrogens with one attached hydrogen (secondary N) is 1. The van der Waals surface area contributed by atoms with Crippen LogP contribution in [0.5, 0.6) is 0 Å². The van der Waals surface area contributed by atoms with Gasteiger partial charge in [0.2, 0.25) is 0 Å². The summed E-state index contributed by atoms with van der Waals surface area (Å²) in [7, 11) is 0. The van der Waals surface area contributed by atoms with E-state index in [1.165, 1.54) is 39.2 Å². The molecule has 3 nitrogen and oxygen atoms in total. The van der Waals surface area contributed by atoms with Crippen molar-refractivity contribution in [1.82, 2.24) is 4.98 Å². The van der Waals surface area contributed by atoms with Crippen LogP contribution in [0.2, 0.25) is 0 Å². The Morgan fingerprint density at radius 2 is 1.53 bits per heavy atom. The molecule has 0 bridgehead atoms. The quantitative estimate of drug-likeness (QED) is 0.402. The number of anilines is 1. The van der Waals surface area contributed by atoms with Gasteiger partial charge in [0.15, 0.2) is 5.13 Å². The van der Waals surface area contributed by atoms with Crippen LogP contribution in [0.25, 0.3) is 11.3 Å². The number of aromatic nitrogens is 1. The van der Waals surface area contributed by atoms with Crippen molar-refractivity contribution in [3.63, 3.8) is 0 Å². The minimum absolute atomic E-state index is 0.139. The number of rotatable bonds is 5. The molecule has 0 fully saturated rings. The van der Waals surface area contributed by atoms with Gasteiger partial charge in [-0.05, 0) is 61.6 Å². The first-order valence-corrected chi connectivity index (χ1v) is 10.9. The maximum absolute atomic E-state index is 12.7. The topological polar surface area (TPSA) is 42.0 Å². The van der Waals surface area contributed by atoms with Crippen LogP contribution >= 0.6 is 11.3 Å². The van der Waals surface area contributed by atoms with Crippen molar-refractivity contribution in [1.29, 1.82) is 0 Å². The number of thiazole rings is 1.